The number of rotatable bonds is 4. The molecule has 5 heteroatoms. The average Bonchev–Trinajstić information content (AvgIpc) is 3.76. The predicted molar refractivity (Wildman–Crippen MR) is 220 cm³/mol. The van der Waals surface area contributed by atoms with E-state index in [-0.39, 0.29) is 0 Å². The Morgan fingerprint density at radius 3 is 1.80 bits per heavy atom. The molecule has 0 radical (unpaired) electrons. The van der Waals surface area contributed by atoms with Crippen LogP contribution >= 0.6 is 0 Å². The Labute approximate surface area is 309 Å². The lowest BCUT2D eigenvalue weighted by molar-refractivity contribution is 0.669. The van der Waals surface area contributed by atoms with Crippen molar-refractivity contribution in [3.63, 3.8) is 0 Å². The number of nitrogens with zero attached hydrogens (tertiary/aromatic N) is 4. The zero-order chi connectivity index (χ0) is 35.3. The fraction of sp³-hybridized carbons (Fsp3) is 0. The summed E-state index contributed by atoms with van der Waals surface area (Å²) in [7, 11) is 0. The van der Waals surface area contributed by atoms with Crippen LogP contribution in [0.1, 0.15) is 0 Å². The van der Waals surface area contributed by atoms with Crippen LogP contribution in [0.3, 0.4) is 0 Å². The maximum Gasteiger partial charge on any atom is 0.166 e. The third kappa shape index (κ3) is 4.06. The molecule has 3 heterocycles. The minimum atomic E-state index is 0.594. The normalized spacial score (nSPS) is 12.1. The van der Waals surface area contributed by atoms with Gasteiger partial charge in [0.25, 0.3) is 0 Å². The molecule has 0 saturated heterocycles. The number of aromatic nitrogens is 4. The van der Waals surface area contributed by atoms with Gasteiger partial charge in [0, 0.05) is 38.2 Å². The van der Waals surface area contributed by atoms with Crippen LogP contribution < -0.4 is 0 Å². The molecule has 0 saturated carbocycles. The number of hydrogen-bond donors (Lipinski definition) is 0. The van der Waals surface area contributed by atoms with Crippen molar-refractivity contribution in [2.75, 3.05) is 0 Å². The summed E-state index contributed by atoms with van der Waals surface area (Å²) in [6, 6.07) is 59.6. The fourth-order valence-electron chi connectivity index (χ4n) is 8.74. The van der Waals surface area contributed by atoms with Gasteiger partial charge in [0.15, 0.2) is 17.5 Å². The molecule has 12 rings (SSSR count). The van der Waals surface area contributed by atoms with Gasteiger partial charge in [-0.05, 0) is 69.4 Å². The lowest BCUT2D eigenvalue weighted by atomic mass is 9.93. The molecule has 8 aromatic carbocycles. The standard InChI is InChI=1S/C49H28N4O/c1-2-13-30(14-3-1)47-50-48(52-49(51-47)37-22-12-26-42-44(37)36-19-7-9-25-41(36)54-42)35-18-6-8-23-38(35)53-39-24-11-21-34-32-17-5-4-16-31(32)33-20-10-15-29-27-28-40(53)46(43(29)33)45(34)39/h1-28H. The van der Waals surface area contributed by atoms with Crippen LogP contribution in [0, 0.1) is 0 Å². The first-order valence-corrected chi connectivity index (χ1v) is 18.2. The highest BCUT2D eigenvalue weighted by Crippen LogP contribution is 2.50. The summed E-state index contributed by atoms with van der Waals surface area (Å²) in [6.07, 6.45) is 0. The number of hydrogen-bond acceptors (Lipinski definition) is 4. The highest BCUT2D eigenvalue weighted by atomic mass is 16.3. The molecule has 0 unspecified atom stereocenters. The molecule has 5 nitrogen and oxygen atoms in total. The summed E-state index contributed by atoms with van der Waals surface area (Å²) in [4.78, 5) is 15.7. The second kappa shape index (κ2) is 11.1. The van der Waals surface area contributed by atoms with Crippen LogP contribution in [0.2, 0.25) is 0 Å². The summed E-state index contributed by atoms with van der Waals surface area (Å²) in [5, 5.41) is 7.05. The first-order valence-electron chi connectivity index (χ1n) is 18.2. The van der Waals surface area contributed by atoms with E-state index in [0.29, 0.717) is 17.5 Å². The van der Waals surface area contributed by atoms with Gasteiger partial charge in [-0.3, -0.25) is 0 Å². The van der Waals surface area contributed by atoms with Gasteiger partial charge < -0.3 is 8.98 Å². The van der Waals surface area contributed by atoms with Crippen molar-refractivity contribution in [2.24, 2.45) is 0 Å². The van der Waals surface area contributed by atoms with Crippen molar-refractivity contribution < 1.29 is 4.42 Å². The second-order valence-electron chi connectivity index (χ2n) is 13.9. The van der Waals surface area contributed by atoms with Crippen molar-refractivity contribution in [3.8, 4) is 62.1 Å². The zero-order valence-corrected chi connectivity index (χ0v) is 28.9. The van der Waals surface area contributed by atoms with Crippen LogP contribution in [0.4, 0.5) is 0 Å². The Kier molecular flexibility index (Phi) is 5.99. The fourth-order valence-corrected chi connectivity index (χ4v) is 8.74. The summed E-state index contributed by atoms with van der Waals surface area (Å²) in [5.41, 5.74) is 12.7. The van der Waals surface area contributed by atoms with Gasteiger partial charge in [-0.1, -0.05) is 133 Å². The van der Waals surface area contributed by atoms with E-state index in [1.165, 1.54) is 43.8 Å². The Morgan fingerprint density at radius 2 is 0.944 bits per heavy atom. The molecule has 11 aromatic rings. The molecule has 54 heavy (non-hydrogen) atoms. The van der Waals surface area contributed by atoms with E-state index in [2.05, 4.69) is 126 Å². The molecule has 0 amide bonds. The molecule has 0 N–H and O–H groups in total. The van der Waals surface area contributed by atoms with Gasteiger partial charge in [0.1, 0.15) is 11.2 Å². The zero-order valence-electron chi connectivity index (χ0n) is 28.9. The van der Waals surface area contributed by atoms with Crippen molar-refractivity contribution in [1.29, 1.82) is 0 Å². The van der Waals surface area contributed by atoms with Crippen LogP contribution in [0.5, 0.6) is 0 Å². The first-order chi connectivity index (χ1) is 26.8. The molecule has 0 spiro atoms. The Hall–Kier alpha value is -7.37. The van der Waals surface area contributed by atoms with Gasteiger partial charge in [-0.2, -0.15) is 0 Å². The quantitative estimate of drug-likeness (QED) is 0.185. The predicted octanol–water partition coefficient (Wildman–Crippen LogP) is 12.7. The number of benzene rings is 8. The smallest absolute Gasteiger partial charge is 0.166 e. The molecular weight excluding hydrogens is 661 g/mol. The first kappa shape index (κ1) is 29.2. The molecule has 0 bridgehead atoms. The lowest BCUT2D eigenvalue weighted by Crippen LogP contribution is -2.03. The van der Waals surface area contributed by atoms with Gasteiger partial charge in [0.2, 0.25) is 0 Å². The van der Waals surface area contributed by atoms with Crippen molar-refractivity contribution in [2.45, 2.75) is 0 Å². The largest absolute Gasteiger partial charge is 0.456 e. The molecule has 0 atom stereocenters. The summed E-state index contributed by atoms with van der Waals surface area (Å²) in [5.74, 6) is 1.81. The Morgan fingerprint density at radius 1 is 0.352 bits per heavy atom. The third-order valence-electron chi connectivity index (χ3n) is 11.0. The van der Waals surface area contributed by atoms with Gasteiger partial charge in [-0.25, -0.2) is 15.0 Å². The van der Waals surface area contributed by atoms with Crippen LogP contribution in [0.25, 0.3) is 117 Å². The minimum absolute atomic E-state index is 0.594. The molecular formula is C49H28N4O. The summed E-state index contributed by atoms with van der Waals surface area (Å²) >= 11 is 0. The van der Waals surface area contributed by atoms with Crippen molar-refractivity contribution in [3.05, 3.63) is 170 Å². The third-order valence-corrected chi connectivity index (χ3v) is 11.0. The van der Waals surface area contributed by atoms with Crippen LogP contribution in [-0.4, -0.2) is 19.5 Å². The topological polar surface area (TPSA) is 56.7 Å². The van der Waals surface area contributed by atoms with E-state index in [9.17, 15) is 0 Å². The maximum atomic E-state index is 6.29. The SMILES string of the molecule is c1ccc(-c2nc(-c3ccccc3-n3c4cccc5c4c4c6c(cccc6ccc43)-c3ccccc3-5)nc(-c3cccc4oc5ccccc5c34)n2)cc1. The van der Waals surface area contributed by atoms with E-state index >= 15 is 0 Å². The number of furan rings is 1. The van der Waals surface area contributed by atoms with E-state index in [1.54, 1.807) is 0 Å². The van der Waals surface area contributed by atoms with Gasteiger partial charge >= 0.3 is 0 Å². The average molecular weight is 689 g/mol. The highest BCUT2D eigenvalue weighted by molar-refractivity contribution is 6.30. The van der Waals surface area contributed by atoms with Crippen LogP contribution in [0.15, 0.2) is 174 Å². The highest BCUT2D eigenvalue weighted by Gasteiger charge is 2.26. The van der Waals surface area contributed by atoms with E-state index < -0.39 is 0 Å². The van der Waals surface area contributed by atoms with E-state index in [1.807, 2.05) is 48.5 Å². The molecule has 1 aliphatic rings. The molecule has 3 aromatic heterocycles. The van der Waals surface area contributed by atoms with Crippen molar-refractivity contribution >= 4 is 54.5 Å². The lowest BCUT2D eigenvalue weighted by Gasteiger charge is -2.16. The minimum Gasteiger partial charge on any atom is -0.456 e. The van der Waals surface area contributed by atoms with Gasteiger partial charge in [0.05, 0.1) is 16.7 Å². The van der Waals surface area contributed by atoms with Gasteiger partial charge in [-0.15, -0.1) is 0 Å². The molecule has 1 aliphatic carbocycles. The molecule has 0 fully saturated rings. The van der Waals surface area contributed by atoms with E-state index in [4.69, 9.17) is 19.4 Å². The van der Waals surface area contributed by atoms with Crippen LogP contribution in [-0.2, 0) is 0 Å². The number of para-hydroxylation sites is 2. The van der Waals surface area contributed by atoms with E-state index in [0.717, 1.165) is 55.3 Å². The summed E-state index contributed by atoms with van der Waals surface area (Å²) in [6.45, 7) is 0. The second-order valence-corrected chi connectivity index (χ2v) is 13.9. The Bertz CT molecular complexity index is 3340. The Balaban J connectivity index is 1.17. The molecule has 250 valence electrons. The summed E-state index contributed by atoms with van der Waals surface area (Å²) < 4.78 is 8.70. The monoisotopic (exact) mass is 688 g/mol. The maximum absolute atomic E-state index is 6.29. The van der Waals surface area contributed by atoms with Crippen molar-refractivity contribution in [1.82, 2.24) is 19.5 Å². The number of fused-ring (bicyclic) bond motifs is 6. The molecule has 0 aliphatic heterocycles.